The maximum atomic E-state index is 15.3. The smallest absolute Gasteiger partial charge is 0.410 e. The van der Waals surface area contributed by atoms with Crippen LogP contribution >= 0.6 is 0 Å². The Morgan fingerprint density at radius 3 is 2.51 bits per heavy atom. The average Bonchev–Trinajstić information content (AvgIpc) is 2.78. The van der Waals surface area contributed by atoms with E-state index >= 15 is 4.39 Å². The van der Waals surface area contributed by atoms with E-state index < -0.39 is 17.1 Å². The van der Waals surface area contributed by atoms with Crippen LogP contribution in [-0.2, 0) is 4.74 Å². The third-order valence-corrected chi connectivity index (χ3v) is 6.77. The summed E-state index contributed by atoms with van der Waals surface area (Å²) in [6, 6.07) is 4.77. The van der Waals surface area contributed by atoms with Crippen molar-refractivity contribution in [2.75, 3.05) is 24.6 Å². The van der Waals surface area contributed by atoms with Crippen LogP contribution in [0.5, 0.6) is 5.75 Å². The molecule has 1 amide bonds. The lowest BCUT2D eigenvalue weighted by atomic mass is 9.87. The third-order valence-electron chi connectivity index (χ3n) is 6.77. The summed E-state index contributed by atoms with van der Waals surface area (Å²) in [5, 5.41) is 0. The molecule has 3 aliphatic rings. The monoisotopic (exact) mass is 488 g/mol. The maximum absolute atomic E-state index is 15.3. The molecule has 9 nitrogen and oxygen atoms in total. The number of guanidine groups is 2. The first-order chi connectivity index (χ1) is 16.6. The number of aliphatic imine (C=N–C) groups is 2. The average molecular weight is 489 g/mol. The van der Waals surface area contributed by atoms with Crippen molar-refractivity contribution in [2.24, 2.45) is 27.4 Å². The number of carbonyl (C=O) groups excluding carboxylic acids is 1. The number of hydrogen-bond donors (Lipinski definition) is 2. The second kappa shape index (κ2) is 9.91. The zero-order valence-corrected chi connectivity index (χ0v) is 20.9. The summed E-state index contributed by atoms with van der Waals surface area (Å²) in [6.07, 6.45) is 5.67. The van der Waals surface area contributed by atoms with Crippen LogP contribution in [0.1, 0.15) is 65.7 Å². The molecule has 2 aliphatic heterocycles. The predicted octanol–water partition coefficient (Wildman–Crippen LogP) is 3.96. The highest BCUT2D eigenvalue weighted by Gasteiger charge is 2.44. The fourth-order valence-corrected chi connectivity index (χ4v) is 5.09. The molecule has 4 N–H and O–H groups in total. The van der Waals surface area contributed by atoms with Crippen LogP contribution in [0.3, 0.4) is 0 Å². The quantitative estimate of drug-likeness (QED) is 0.662. The summed E-state index contributed by atoms with van der Waals surface area (Å²) in [5.41, 5.74) is 11.3. The van der Waals surface area contributed by atoms with Crippen LogP contribution in [0, 0.1) is 11.7 Å². The number of halogens is 1. The molecular formula is C25H37FN6O3. The molecule has 0 unspecified atom stereocenters. The van der Waals surface area contributed by atoms with Gasteiger partial charge in [-0.1, -0.05) is 12.5 Å². The molecule has 2 heterocycles. The van der Waals surface area contributed by atoms with E-state index in [0.717, 1.165) is 32.1 Å². The number of nitrogens with two attached hydrogens (primary N) is 2. The van der Waals surface area contributed by atoms with Crippen molar-refractivity contribution in [3.8, 4) is 5.75 Å². The van der Waals surface area contributed by atoms with Gasteiger partial charge in [0.15, 0.2) is 5.82 Å². The van der Waals surface area contributed by atoms with E-state index in [1.807, 2.05) is 20.8 Å². The van der Waals surface area contributed by atoms with Gasteiger partial charge in [0.1, 0.15) is 22.7 Å². The van der Waals surface area contributed by atoms with Crippen LogP contribution in [0.15, 0.2) is 28.2 Å². The minimum Gasteiger partial charge on any atom is -0.491 e. The van der Waals surface area contributed by atoms with Crippen LogP contribution in [0.2, 0.25) is 0 Å². The van der Waals surface area contributed by atoms with Gasteiger partial charge in [-0.05, 0) is 77.3 Å². The summed E-state index contributed by atoms with van der Waals surface area (Å²) in [6.45, 7) is 7.18. The minimum atomic E-state index is -0.757. The Bertz CT molecular complexity index is 991. The van der Waals surface area contributed by atoms with E-state index in [1.165, 1.54) is 6.07 Å². The molecule has 2 fully saturated rings. The lowest BCUT2D eigenvalue weighted by molar-refractivity contribution is 0.0165. The number of rotatable bonds is 4. The molecule has 192 valence electrons. The highest BCUT2D eigenvalue weighted by Crippen LogP contribution is 2.44. The van der Waals surface area contributed by atoms with Gasteiger partial charge in [-0.3, -0.25) is 4.90 Å². The van der Waals surface area contributed by atoms with Gasteiger partial charge < -0.3 is 25.8 Å². The summed E-state index contributed by atoms with van der Waals surface area (Å²) in [4.78, 5) is 24.5. The first-order valence-electron chi connectivity index (χ1n) is 12.5. The van der Waals surface area contributed by atoms with Crippen molar-refractivity contribution in [1.82, 2.24) is 4.90 Å². The Hall–Kier alpha value is -3.04. The minimum absolute atomic E-state index is 0.121. The molecule has 1 saturated heterocycles. The van der Waals surface area contributed by atoms with Gasteiger partial charge in [-0.25, -0.2) is 14.2 Å². The molecule has 35 heavy (non-hydrogen) atoms. The lowest BCUT2D eigenvalue weighted by Crippen LogP contribution is -2.58. The van der Waals surface area contributed by atoms with Crippen molar-refractivity contribution in [1.29, 1.82) is 0 Å². The zero-order chi connectivity index (χ0) is 25.2. The van der Waals surface area contributed by atoms with Crippen LogP contribution < -0.4 is 21.1 Å². The number of likely N-dealkylation sites (tertiary alicyclic amines) is 1. The highest BCUT2D eigenvalue weighted by molar-refractivity contribution is 6.06. The molecule has 0 atom stereocenters. The standard InChI is InChI=1S/C25H37FN6O3/c1-24(2,3)35-23(33)31-14-10-17(11-15-31)16-34-19-9-7-8-18(26)20(19)32-22(28)29-21(27)30-25(32)12-5-4-6-13-25/h7-9,17H,4-6,10-16H2,1-3H3,(H4,27,28,29,30). The molecule has 1 aliphatic carbocycles. The van der Waals surface area contributed by atoms with Crippen molar-refractivity contribution >= 4 is 23.7 Å². The number of amides is 1. The van der Waals surface area contributed by atoms with Crippen molar-refractivity contribution in [3.05, 3.63) is 24.0 Å². The molecule has 0 aromatic heterocycles. The third kappa shape index (κ3) is 5.62. The van der Waals surface area contributed by atoms with E-state index in [1.54, 1.807) is 21.9 Å². The van der Waals surface area contributed by atoms with Gasteiger partial charge in [0.05, 0.1) is 6.61 Å². The number of para-hydroxylation sites is 1. The van der Waals surface area contributed by atoms with Gasteiger partial charge >= 0.3 is 6.09 Å². The van der Waals surface area contributed by atoms with Gasteiger partial charge in [-0.15, -0.1) is 0 Å². The summed E-state index contributed by atoms with van der Waals surface area (Å²) >= 11 is 0. The first-order valence-corrected chi connectivity index (χ1v) is 12.5. The Balaban J connectivity index is 1.47. The number of anilines is 1. The lowest BCUT2D eigenvalue weighted by Gasteiger charge is -2.46. The number of piperidine rings is 1. The van der Waals surface area contributed by atoms with Gasteiger partial charge in [0.2, 0.25) is 11.9 Å². The number of carbonyl (C=O) groups is 1. The fourth-order valence-electron chi connectivity index (χ4n) is 5.09. The molecule has 10 heteroatoms. The Labute approximate surface area is 206 Å². The van der Waals surface area contributed by atoms with Crippen LogP contribution in [0.4, 0.5) is 14.9 Å². The Morgan fingerprint density at radius 1 is 1.17 bits per heavy atom. The largest absolute Gasteiger partial charge is 0.491 e. The molecule has 4 rings (SSSR count). The molecule has 0 bridgehead atoms. The van der Waals surface area contributed by atoms with Crippen molar-refractivity contribution in [3.63, 3.8) is 0 Å². The molecule has 1 aromatic carbocycles. The molecule has 1 aromatic rings. The molecule has 1 spiro atoms. The normalized spacial score (nSPS) is 20.9. The Morgan fingerprint density at radius 2 is 1.86 bits per heavy atom. The maximum Gasteiger partial charge on any atom is 0.410 e. The van der Waals surface area contributed by atoms with Crippen LogP contribution in [-0.4, -0.2) is 53.9 Å². The topological polar surface area (TPSA) is 119 Å². The van der Waals surface area contributed by atoms with Crippen LogP contribution in [0.25, 0.3) is 0 Å². The highest BCUT2D eigenvalue weighted by atomic mass is 19.1. The van der Waals surface area contributed by atoms with E-state index in [0.29, 0.717) is 38.3 Å². The summed E-state index contributed by atoms with van der Waals surface area (Å²) in [5.74, 6) is 0.435. The van der Waals surface area contributed by atoms with Crippen molar-refractivity contribution < 1.29 is 18.7 Å². The first kappa shape index (κ1) is 25.1. The van der Waals surface area contributed by atoms with E-state index in [-0.39, 0.29) is 29.6 Å². The number of ether oxygens (including phenoxy) is 2. The number of hydrogen-bond acceptors (Lipinski definition) is 8. The fraction of sp³-hybridized carbons (Fsp3) is 0.640. The van der Waals surface area contributed by atoms with Crippen molar-refractivity contribution in [2.45, 2.75) is 77.0 Å². The Kier molecular flexibility index (Phi) is 7.10. The second-order valence-corrected chi connectivity index (χ2v) is 10.6. The summed E-state index contributed by atoms with van der Waals surface area (Å²) in [7, 11) is 0. The SMILES string of the molecule is CC(C)(C)OC(=O)N1CCC(COc2cccc(F)c2N2C(N)=NC(N)=NC23CCCCC3)CC1. The van der Waals surface area contributed by atoms with Gasteiger partial charge in [-0.2, -0.15) is 4.99 Å². The molecule has 1 saturated carbocycles. The molecule has 0 radical (unpaired) electrons. The van der Waals surface area contributed by atoms with E-state index in [2.05, 4.69) is 9.98 Å². The van der Waals surface area contributed by atoms with Gasteiger partial charge in [0, 0.05) is 13.1 Å². The predicted molar refractivity (Wildman–Crippen MR) is 134 cm³/mol. The van der Waals surface area contributed by atoms with E-state index in [9.17, 15) is 4.79 Å². The number of nitrogens with zero attached hydrogens (tertiary/aromatic N) is 4. The molecular weight excluding hydrogens is 451 g/mol. The van der Waals surface area contributed by atoms with E-state index in [4.69, 9.17) is 20.9 Å². The number of benzene rings is 1. The summed E-state index contributed by atoms with van der Waals surface area (Å²) < 4.78 is 27.0. The van der Waals surface area contributed by atoms with Gasteiger partial charge in [0.25, 0.3) is 0 Å². The zero-order valence-electron chi connectivity index (χ0n) is 20.9. The second-order valence-electron chi connectivity index (χ2n) is 10.6.